The van der Waals surface area contributed by atoms with Crippen LogP contribution in [0.15, 0.2) is 48.7 Å². The van der Waals surface area contributed by atoms with Crippen LogP contribution in [0.1, 0.15) is 13.8 Å². The molecule has 1 aliphatic rings. The lowest BCUT2D eigenvalue weighted by Gasteiger charge is -2.37. The Morgan fingerprint density at radius 1 is 1.10 bits per heavy atom. The average Bonchev–Trinajstić information content (AvgIpc) is 2.75. The van der Waals surface area contributed by atoms with E-state index in [1.54, 1.807) is 12.3 Å². The molecule has 1 saturated heterocycles. The molecule has 4 rings (SSSR count). The Labute approximate surface area is 175 Å². The molecule has 2 amide bonds. The molecule has 0 saturated carbocycles. The van der Waals surface area contributed by atoms with Gasteiger partial charge in [0, 0.05) is 43.8 Å². The highest BCUT2D eigenvalue weighted by Gasteiger charge is 2.23. The SMILES string of the molecule is CC(C)NC(=O)Nc1ccc2cnc(N(c3ccccc3)N3CCNCC3)nc2n1. The van der Waals surface area contributed by atoms with Gasteiger partial charge in [-0.25, -0.2) is 24.8 Å². The molecular weight excluding hydrogens is 380 g/mol. The maximum absolute atomic E-state index is 12.0. The number of carbonyl (C=O) groups is 1. The molecule has 0 radical (unpaired) electrons. The quantitative estimate of drug-likeness (QED) is 0.599. The highest BCUT2D eigenvalue weighted by molar-refractivity contribution is 5.89. The Morgan fingerprint density at radius 3 is 2.60 bits per heavy atom. The molecule has 156 valence electrons. The fourth-order valence-corrected chi connectivity index (χ4v) is 3.31. The second kappa shape index (κ2) is 9.02. The van der Waals surface area contributed by atoms with Crippen LogP contribution in [0.2, 0.25) is 0 Å². The molecule has 1 fully saturated rings. The normalized spacial score (nSPS) is 14.6. The number of amides is 2. The smallest absolute Gasteiger partial charge is 0.320 e. The molecule has 2 aromatic heterocycles. The number of hydrogen-bond donors (Lipinski definition) is 3. The number of pyridine rings is 1. The fourth-order valence-electron chi connectivity index (χ4n) is 3.31. The average molecular weight is 406 g/mol. The molecule has 30 heavy (non-hydrogen) atoms. The molecule has 9 heteroatoms. The molecule has 3 N–H and O–H groups in total. The maximum Gasteiger partial charge on any atom is 0.320 e. The van der Waals surface area contributed by atoms with Gasteiger partial charge in [-0.3, -0.25) is 5.32 Å². The van der Waals surface area contributed by atoms with Crippen LogP contribution in [0.5, 0.6) is 0 Å². The lowest BCUT2D eigenvalue weighted by atomic mass is 10.3. The van der Waals surface area contributed by atoms with Crippen molar-refractivity contribution in [2.45, 2.75) is 19.9 Å². The lowest BCUT2D eigenvalue weighted by molar-refractivity contribution is 0.240. The Hall–Kier alpha value is -3.30. The zero-order valence-corrected chi connectivity index (χ0v) is 17.2. The van der Waals surface area contributed by atoms with Crippen molar-refractivity contribution in [1.29, 1.82) is 0 Å². The van der Waals surface area contributed by atoms with Crippen molar-refractivity contribution >= 4 is 34.5 Å². The molecule has 0 bridgehead atoms. The van der Waals surface area contributed by atoms with Crippen molar-refractivity contribution < 1.29 is 4.79 Å². The number of hydrogen-bond acceptors (Lipinski definition) is 7. The van der Waals surface area contributed by atoms with Crippen molar-refractivity contribution in [2.75, 3.05) is 36.5 Å². The number of nitrogens with zero attached hydrogens (tertiary/aromatic N) is 5. The summed E-state index contributed by atoms with van der Waals surface area (Å²) in [6, 6.07) is 13.4. The number of benzene rings is 1. The van der Waals surface area contributed by atoms with Gasteiger partial charge in [-0.15, -0.1) is 0 Å². The number of fused-ring (bicyclic) bond motifs is 1. The van der Waals surface area contributed by atoms with Crippen LogP contribution in [-0.4, -0.2) is 58.2 Å². The van der Waals surface area contributed by atoms with Crippen molar-refractivity contribution in [1.82, 2.24) is 30.6 Å². The number of piperazine rings is 1. The van der Waals surface area contributed by atoms with E-state index in [0.29, 0.717) is 17.4 Å². The highest BCUT2D eigenvalue weighted by atomic mass is 16.2. The first-order valence-corrected chi connectivity index (χ1v) is 10.1. The molecule has 9 nitrogen and oxygen atoms in total. The summed E-state index contributed by atoms with van der Waals surface area (Å²) in [5.41, 5.74) is 1.52. The first-order chi connectivity index (χ1) is 14.6. The molecule has 0 unspecified atom stereocenters. The van der Waals surface area contributed by atoms with Gasteiger partial charge >= 0.3 is 6.03 Å². The van der Waals surface area contributed by atoms with E-state index in [1.165, 1.54) is 0 Å². The molecular formula is C21H26N8O. The van der Waals surface area contributed by atoms with Gasteiger partial charge in [0.15, 0.2) is 5.65 Å². The summed E-state index contributed by atoms with van der Waals surface area (Å²) in [5.74, 6) is 0.991. The predicted molar refractivity (Wildman–Crippen MR) is 118 cm³/mol. The second-order valence-electron chi connectivity index (χ2n) is 7.38. The summed E-state index contributed by atoms with van der Waals surface area (Å²) < 4.78 is 0. The van der Waals surface area contributed by atoms with Gasteiger partial charge in [-0.1, -0.05) is 18.2 Å². The third-order valence-electron chi connectivity index (χ3n) is 4.66. The van der Waals surface area contributed by atoms with Gasteiger partial charge in [0.05, 0.1) is 5.69 Å². The third-order valence-corrected chi connectivity index (χ3v) is 4.66. The molecule has 1 aromatic carbocycles. The van der Waals surface area contributed by atoms with Crippen LogP contribution < -0.4 is 21.0 Å². The molecule has 0 aliphatic carbocycles. The van der Waals surface area contributed by atoms with Crippen LogP contribution in [0.4, 0.5) is 22.2 Å². The maximum atomic E-state index is 12.0. The topological polar surface area (TPSA) is 98.3 Å². The number of carbonyl (C=O) groups excluding carboxylic acids is 1. The summed E-state index contributed by atoms with van der Waals surface area (Å²) in [5, 5.41) is 14.0. The van der Waals surface area contributed by atoms with E-state index < -0.39 is 0 Å². The van der Waals surface area contributed by atoms with Crippen LogP contribution in [0, 0.1) is 0 Å². The summed E-state index contributed by atoms with van der Waals surface area (Å²) in [6.45, 7) is 7.30. The summed E-state index contributed by atoms with van der Waals surface area (Å²) in [7, 11) is 0. The number of para-hydroxylation sites is 1. The van der Waals surface area contributed by atoms with Crippen LogP contribution in [0.25, 0.3) is 11.0 Å². The predicted octanol–water partition coefficient (Wildman–Crippen LogP) is 2.51. The Balaban J connectivity index is 1.67. The zero-order chi connectivity index (χ0) is 20.9. The van der Waals surface area contributed by atoms with Gasteiger partial charge in [-0.05, 0) is 38.1 Å². The summed E-state index contributed by atoms with van der Waals surface area (Å²) in [4.78, 5) is 25.9. The molecule has 3 aromatic rings. The highest BCUT2D eigenvalue weighted by Crippen LogP contribution is 2.26. The minimum absolute atomic E-state index is 0.0397. The number of rotatable bonds is 5. The van der Waals surface area contributed by atoms with E-state index >= 15 is 0 Å². The van der Waals surface area contributed by atoms with Gasteiger partial charge in [0.25, 0.3) is 0 Å². The van der Waals surface area contributed by atoms with Crippen molar-refractivity contribution in [2.24, 2.45) is 0 Å². The van der Waals surface area contributed by atoms with E-state index in [4.69, 9.17) is 4.98 Å². The van der Waals surface area contributed by atoms with Gasteiger partial charge < -0.3 is 10.6 Å². The van der Waals surface area contributed by atoms with Crippen molar-refractivity contribution in [3.05, 3.63) is 48.7 Å². The monoisotopic (exact) mass is 406 g/mol. The van der Waals surface area contributed by atoms with E-state index in [9.17, 15) is 4.79 Å². The number of hydrazine groups is 1. The fraction of sp³-hybridized carbons (Fsp3) is 0.333. The minimum Gasteiger partial charge on any atom is -0.336 e. The zero-order valence-electron chi connectivity index (χ0n) is 17.2. The molecule has 0 atom stereocenters. The largest absolute Gasteiger partial charge is 0.336 e. The first kappa shape index (κ1) is 20.0. The van der Waals surface area contributed by atoms with Gasteiger partial charge in [0.2, 0.25) is 5.95 Å². The van der Waals surface area contributed by atoms with Crippen LogP contribution in [-0.2, 0) is 0 Å². The summed E-state index contributed by atoms with van der Waals surface area (Å²) in [6.07, 6.45) is 1.76. The molecule has 1 aliphatic heterocycles. The number of nitrogens with one attached hydrogen (secondary N) is 3. The first-order valence-electron chi connectivity index (χ1n) is 10.1. The minimum atomic E-state index is -0.294. The number of urea groups is 1. The lowest BCUT2D eigenvalue weighted by Crippen LogP contribution is -2.51. The number of anilines is 3. The van der Waals surface area contributed by atoms with Crippen molar-refractivity contribution in [3.8, 4) is 0 Å². The Kier molecular flexibility index (Phi) is 6.01. The Morgan fingerprint density at radius 2 is 1.87 bits per heavy atom. The van der Waals surface area contributed by atoms with Gasteiger partial charge in [0.1, 0.15) is 5.82 Å². The Bertz CT molecular complexity index is 1000. The second-order valence-corrected chi connectivity index (χ2v) is 7.38. The third kappa shape index (κ3) is 4.64. The van der Waals surface area contributed by atoms with Crippen LogP contribution >= 0.6 is 0 Å². The standard InChI is InChI=1S/C21H26N8O/c1-15(2)24-21(30)26-18-9-8-16-14-23-20(27-19(16)25-18)29(17-6-4-3-5-7-17)28-12-10-22-11-13-28/h3-9,14-15,22H,10-13H2,1-2H3,(H2,23,24,25,26,27,30). The number of aromatic nitrogens is 3. The van der Waals surface area contributed by atoms with Crippen LogP contribution in [0.3, 0.4) is 0 Å². The van der Waals surface area contributed by atoms with E-state index in [0.717, 1.165) is 37.3 Å². The molecule has 3 heterocycles. The van der Waals surface area contributed by atoms with E-state index in [-0.39, 0.29) is 12.1 Å². The van der Waals surface area contributed by atoms with Gasteiger partial charge in [-0.2, -0.15) is 4.98 Å². The van der Waals surface area contributed by atoms with Crippen molar-refractivity contribution in [3.63, 3.8) is 0 Å². The summed E-state index contributed by atoms with van der Waals surface area (Å²) >= 11 is 0. The van der Waals surface area contributed by atoms with E-state index in [1.807, 2.05) is 55.3 Å². The molecule has 0 spiro atoms. The van der Waals surface area contributed by atoms with E-state index in [2.05, 4.69) is 30.9 Å².